The third-order valence-corrected chi connectivity index (χ3v) is 9.53. The first-order chi connectivity index (χ1) is 23.5. The van der Waals surface area contributed by atoms with Crippen molar-refractivity contribution in [2.75, 3.05) is 0 Å². The Kier molecular flexibility index (Phi) is 7.11. The van der Waals surface area contributed by atoms with Crippen LogP contribution in [-0.4, -0.2) is 15.0 Å². The predicted molar refractivity (Wildman–Crippen MR) is 211 cm³/mol. The topological polar surface area (TPSA) is 47.4 Å². The van der Waals surface area contributed by atoms with Gasteiger partial charge in [0.15, 0.2) is 0 Å². The van der Waals surface area contributed by atoms with Gasteiger partial charge in [0.05, 0.1) is 16.6 Å². The fourth-order valence-corrected chi connectivity index (χ4v) is 7.37. The minimum absolute atomic E-state index is 1.11. The Morgan fingerprint density at radius 2 is 1.15 bits per heavy atom. The van der Waals surface area contributed by atoms with Crippen LogP contribution in [0, 0.1) is 6.92 Å². The maximum atomic E-state index is 3.97. The number of aryl methyl sites for hydroxylation is 1. The highest BCUT2D eigenvalue weighted by molar-refractivity contribution is 6.39. The summed E-state index contributed by atoms with van der Waals surface area (Å²) >= 11 is 0. The van der Waals surface area contributed by atoms with Crippen LogP contribution >= 0.6 is 0 Å². The van der Waals surface area contributed by atoms with Crippen molar-refractivity contribution in [3.8, 4) is 11.1 Å². The van der Waals surface area contributed by atoms with Gasteiger partial charge in [-0.3, -0.25) is 0 Å². The van der Waals surface area contributed by atoms with Crippen LogP contribution in [0.2, 0.25) is 0 Å². The van der Waals surface area contributed by atoms with Gasteiger partial charge in [-0.1, -0.05) is 110 Å². The van der Waals surface area contributed by atoms with E-state index in [0.717, 1.165) is 49.8 Å². The smallest absolute Gasteiger partial charge is 0.0588 e. The van der Waals surface area contributed by atoms with E-state index in [2.05, 4.69) is 158 Å². The molecule has 3 N–H and O–H groups in total. The van der Waals surface area contributed by atoms with Crippen LogP contribution in [0.4, 0.5) is 0 Å². The zero-order chi connectivity index (χ0) is 32.9. The number of hydrogen-bond donors (Lipinski definition) is 3. The molecule has 0 radical (unpaired) electrons. The summed E-state index contributed by atoms with van der Waals surface area (Å²) in [5.41, 5.74) is 15.0. The first-order valence-electron chi connectivity index (χ1n) is 16.5. The average Bonchev–Trinajstić information content (AvgIpc) is 3.79. The van der Waals surface area contributed by atoms with Gasteiger partial charge in [-0.05, 0) is 90.6 Å². The Balaban J connectivity index is 1.54. The summed E-state index contributed by atoms with van der Waals surface area (Å²) < 4.78 is 0. The fraction of sp³-hybridized carbons (Fsp3) is 0.0667. The molecule has 0 saturated heterocycles. The highest BCUT2D eigenvalue weighted by atomic mass is 14.8. The van der Waals surface area contributed by atoms with E-state index >= 15 is 0 Å². The summed E-state index contributed by atoms with van der Waals surface area (Å²) in [7, 11) is 0. The second kappa shape index (κ2) is 11.6. The molecule has 0 fully saturated rings. The quantitative estimate of drug-likeness (QED) is 0.149. The molecule has 8 rings (SSSR count). The molecule has 0 aliphatic heterocycles. The lowest BCUT2D eigenvalue weighted by molar-refractivity contribution is 1.47. The molecule has 0 bridgehead atoms. The maximum absolute atomic E-state index is 3.97. The van der Waals surface area contributed by atoms with Crippen molar-refractivity contribution in [3.63, 3.8) is 0 Å². The summed E-state index contributed by atoms with van der Waals surface area (Å²) in [4.78, 5) is 11.6. The largest absolute Gasteiger partial charge is 0.354 e. The highest BCUT2D eigenvalue weighted by Gasteiger charge is 2.22. The van der Waals surface area contributed by atoms with Crippen LogP contribution in [0.5, 0.6) is 0 Å². The molecule has 5 aromatic carbocycles. The maximum Gasteiger partial charge on any atom is 0.0588 e. The molecular weight excluding hydrogens is 583 g/mol. The minimum Gasteiger partial charge on any atom is -0.354 e. The van der Waals surface area contributed by atoms with Crippen molar-refractivity contribution in [3.05, 3.63) is 157 Å². The molecular formula is C45H37N3. The molecule has 232 valence electrons. The second-order valence-electron chi connectivity index (χ2n) is 12.5. The van der Waals surface area contributed by atoms with Crippen molar-refractivity contribution in [1.82, 2.24) is 15.0 Å². The first-order valence-corrected chi connectivity index (χ1v) is 16.5. The van der Waals surface area contributed by atoms with Crippen LogP contribution in [0.3, 0.4) is 0 Å². The predicted octanol–water partition coefficient (Wildman–Crippen LogP) is 12.9. The van der Waals surface area contributed by atoms with E-state index in [1.807, 2.05) is 18.2 Å². The molecule has 3 nitrogen and oxygen atoms in total. The third kappa shape index (κ3) is 4.58. The van der Waals surface area contributed by atoms with Crippen molar-refractivity contribution < 1.29 is 0 Å². The average molecular weight is 620 g/mol. The molecule has 0 amide bonds. The van der Waals surface area contributed by atoms with Gasteiger partial charge in [0.1, 0.15) is 0 Å². The molecule has 0 aliphatic carbocycles. The Labute approximate surface area is 280 Å². The first kappa shape index (κ1) is 29.3. The van der Waals surface area contributed by atoms with E-state index in [1.54, 1.807) is 0 Å². The van der Waals surface area contributed by atoms with Crippen LogP contribution in [0.25, 0.3) is 87.7 Å². The summed E-state index contributed by atoms with van der Waals surface area (Å²) in [5, 5.41) is 7.19. The van der Waals surface area contributed by atoms with E-state index in [1.165, 1.54) is 54.6 Å². The molecule has 48 heavy (non-hydrogen) atoms. The van der Waals surface area contributed by atoms with Gasteiger partial charge >= 0.3 is 0 Å². The van der Waals surface area contributed by atoms with Crippen molar-refractivity contribution in [2.45, 2.75) is 20.8 Å². The summed E-state index contributed by atoms with van der Waals surface area (Å²) in [6, 6.07) is 29.0. The van der Waals surface area contributed by atoms with Gasteiger partial charge in [-0.25, -0.2) is 0 Å². The van der Waals surface area contributed by atoms with Crippen molar-refractivity contribution in [2.24, 2.45) is 0 Å². The number of H-pyrrole nitrogens is 3. The lowest BCUT2D eigenvalue weighted by Gasteiger charge is -2.05. The molecule has 0 aliphatic rings. The molecule has 8 aromatic rings. The van der Waals surface area contributed by atoms with Gasteiger partial charge in [0.2, 0.25) is 0 Å². The fourth-order valence-electron chi connectivity index (χ4n) is 7.37. The van der Waals surface area contributed by atoms with Crippen LogP contribution in [0.1, 0.15) is 30.5 Å². The number of nitrogens with one attached hydrogen (secondary N) is 3. The van der Waals surface area contributed by atoms with E-state index in [0.29, 0.717) is 0 Å². The molecule has 0 saturated carbocycles. The number of benzene rings is 5. The van der Waals surface area contributed by atoms with Gasteiger partial charge in [0.25, 0.3) is 0 Å². The van der Waals surface area contributed by atoms with E-state index in [4.69, 9.17) is 0 Å². The third-order valence-electron chi connectivity index (χ3n) is 9.53. The number of aromatic nitrogens is 3. The summed E-state index contributed by atoms with van der Waals surface area (Å²) in [6.45, 7) is 14.1. The van der Waals surface area contributed by atoms with E-state index < -0.39 is 0 Å². The molecule has 3 heterocycles. The van der Waals surface area contributed by atoms with Gasteiger partial charge in [-0.2, -0.15) is 0 Å². The standard InChI is InChI=1S/C45H37N3/c1-6-10-15-28(9-4)31-17-20-37-34(24-31)40-43-41(35-25-32(18-21-38(35)47-43)29(12-7-2)13-8-3)45-42(44(40)46-37)36-26-33(19-22-39(36)48-45)30-16-11-14-27(5)23-30/h6-26,46-48H,1-2H2,3-5H3/b13-8-,15-10-,28-9+,29-12+. The molecule has 0 spiro atoms. The Bertz CT molecular complexity index is 2730. The minimum atomic E-state index is 1.11. The Hall–Kier alpha value is -6.06. The second-order valence-corrected chi connectivity index (χ2v) is 12.5. The number of fused-ring (bicyclic) bond motifs is 12. The zero-order valence-corrected chi connectivity index (χ0v) is 27.5. The SMILES string of the molecule is C=C/C=C\C(=C/C)c1ccc2[nH]c3c(c2c1)c1[nH]c2ccc(C(/C=C\C)=C/C=C)cc2c1c1[nH]c2ccc(-c4cccc(C)c4)cc2c13. The molecule has 3 aromatic heterocycles. The van der Waals surface area contributed by atoms with Gasteiger partial charge in [-0.15, -0.1) is 0 Å². The number of hydrogen-bond acceptors (Lipinski definition) is 0. The van der Waals surface area contributed by atoms with Crippen LogP contribution in [0.15, 0.2) is 141 Å². The van der Waals surface area contributed by atoms with Crippen LogP contribution < -0.4 is 0 Å². The lowest BCUT2D eigenvalue weighted by Crippen LogP contribution is -1.82. The van der Waals surface area contributed by atoms with Crippen molar-refractivity contribution in [1.29, 1.82) is 0 Å². The van der Waals surface area contributed by atoms with E-state index in [-0.39, 0.29) is 0 Å². The van der Waals surface area contributed by atoms with E-state index in [9.17, 15) is 0 Å². The molecule has 0 unspecified atom stereocenters. The normalized spacial score (nSPS) is 13.1. The van der Waals surface area contributed by atoms with Crippen LogP contribution in [-0.2, 0) is 0 Å². The lowest BCUT2D eigenvalue weighted by atomic mass is 9.97. The highest BCUT2D eigenvalue weighted by Crippen LogP contribution is 2.45. The molecule has 0 atom stereocenters. The number of allylic oxidation sites excluding steroid dienone is 10. The zero-order valence-electron chi connectivity index (χ0n) is 27.5. The van der Waals surface area contributed by atoms with Crippen molar-refractivity contribution >= 4 is 76.6 Å². The monoisotopic (exact) mass is 619 g/mol. The molecule has 3 heteroatoms. The summed E-state index contributed by atoms with van der Waals surface area (Å²) in [6.07, 6.45) is 16.2. The van der Waals surface area contributed by atoms with Gasteiger partial charge < -0.3 is 15.0 Å². The van der Waals surface area contributed by atoms with Gasteiger partial charge in [0, 0.05) is 48.9 Å². The number of rotatable bonds is 7. The number of aromatic amines is 3. The Morgan fingerprint density at radius 3 is 1.69 bits per heavy atom. The Morgan fingerprint density at radius 1 is 0.583 bits per heavy atom. The summed E-state index contributed by atoms with van der Waals surface area (Å²) in [5.74, 6) is 0.